The molecule has 0 unspecified atom stereocenters. The lowest BCUT2D eigenvalue weighted by Crippen LogP contribution is -2.41. The normalized spacial score (nSPS) is 21.7. The van der Waals surface area contributed by atoms with Crippen molar-refractivity contribution >= 4 is 5.91 Å². The van der Waals surface area contributed by atoms with E-state index in [1.54, 1.807) is 0 Å². The van der Waals surface area contributed by atoms with Crippen molar-refractivity contribution in [3.63, 3.8) is 0 Å². The molecular weight excluding hydrogens is 352 g/mol. The van der Waals surface area contributed by atoms with E-state index in [4.69, 9.17) is 4.74 Å². The quantitative estimate of drug-likeness (QED) is 0.847. The number of fused-ring (bicyclic) bond motifs is 1. The van der Waals surface area contributed by atoms with Gasteiger partial charge in [0.05, 0.1) is 25.2 Å². The summed E-state index contributed by atoms with van der Waals surface area (Å²) in [6.07, 6.45) is 1.62. The number of aliphatic hydroxyl groups is 1. The van der Waals surface area contributed by atoms with Crippen LogP contribution in [-0.4, -0.2) is 23.7 Å². The molecule has 1 aliphatic heterocycles. The van der Waals surface area contributed by atoms with E-state index in [1.165, 1.54) is 0 Å². The van der Waals surface area contributed by atoms with E-state index in [1.807, 2.05) is 18.2 Å². The summed E-state index contributed by atoms with van der Waals surface area (Å²) in [5.74, 6) is -0.699. The first-order chi connectivity index (χ1) is 13.0. The van der Waals surface area contributed by atoms with Crippen LogP contribution in [0.4, 0.5) is 8.78 Å². The van der Waals surface area contributed by atoms with Crippen molar-refractivity contribution in [3.8, 4) is 5.75 Å². The highest BCUT2D eigenvalue weighted by atomic mass is 19.1. The third-order valence-electron chi connectivity index (χ3n) is 5.30. The minimum Gasteiger partial charge on any atom is -0.493 e. The van der Waals surface area contributed by atoms with Crippen LogP contribution in [-0.2, 0) is 17.6 Å². The number of amides is 1. The Hall–Kier alpha value is -2.47. The molecule has 1 aliphatic carbocycles. The number of aliphatic hydroxyl groups excluding tert-OH is 1. The van der Waals surface area contributed by atoms with Crippen LogP contribution in [0.2, 0.25) is 0 Å². The smallest absolute Gasteiger partial charge is 0.224 e. The first-order valence-electron chi connectivity index (χ1n) is 9.16. The molecule has 4 rings (SSSR count). The lowest BCUT2D eigenvalue weighted by atomic mass is 9.74. The molecule has 1 saturated carbocycles. The second-order valence-electron chi connectivity index (χ2n) is 7.35. The van der Waals surface area contributed by atoms with Gasteiger partial charge >= 0.3 is 0 Å². The molecule has 1 amide bonds. The average Bonchev–Trinajstić information content (AvgIpc) is 3.04. The first kappa shape index (κ1) is 17.9. The topological polar surface area (TPSA) is 58.6 Å². The van der Waals surface area contributed by atoms with Crippen molar-refractivity contribution in [1.82, 2.24) is 5.32 Å². The first-order valence-corrected chi connectivity index (χ1v) is 9.16. The van der Waals surface area contributed by atoms with Gasteiger partial charge in [0, 0.05) is 12.5 Å². The largest absolute Gasteiger partial charge is 0.493 e. The van der Waals surface area contributed by atoms with Gasteiger partial charge in [-0.3, -0.25) is 4.79 Å². The van der Waals surface area contributed by atoms with E-state index in [0.29, 0.717) is 25.0 Å². The van der Waals surface area contributed by atoms with E-state index in [2.05, 4.69) is 5.32 Å². The molecule has 0 spiro atoms. The summed E-state index contributed by atoms with van der Waals surface area (Å²) in [5, 5.41) is 12.7. The van der Waals surface area contributed by atoms with E-state index < -0.39 is 11.6 Å². The molecule has 0 bridgehead atoms. The summed E-state index contributed by atoms with van der Waals surface area (Å²) in [6.45, 7) is 0.656. The van der Waals surface area contributed by atoms with Crippen LogP contribution in [0.15, 0.2) is 36.4 Å². The monoisotopic (exact) mass is 373 g/mol. The summed E-state index contributed by atoms with van der Waals surface area (Å²) in [6, 6.07) is 8.75. The molecule has 0 saturated heterocycles. The molecule has 0 aromatic heterocycles. The van der Waals surface area contributed by atoms with Gasteiger partial charge in [-0.2, -0.15) is 0 Å². The highest BCUT2D eigenvalue weighted by molar-refractivity contribution is 5.79. The predicted molar refractivity (Wildman–Crippen MR) is 95.3 cm³/mol. The Labute approximate surface area is 156 Å². The molecule has 27 heavy (non-hydrogen) atoms. The van der Waals surface area contributed by atoms with E-state index >= 15 is 0 Å². The van der Waals surface area contributed by atoms with E-state index in [9.17, 15) is 18.7 Å². The van der Waals surface area contributed by atoms with Crippen LogP contribution in [0.25, 0.3) is 0 Å². The van der Waals surface area contributed by atoms with Gasteiger partial charge in [-0.15, -0.1) is 0 Å². The molecule has 0 radical (unpaired) electrons. The fourth-order valence-corrected chi connectivity index (χ4v) is 3.90. The van der Waals surface area contributed by atoms with Crippen molar-refractivity contribution in [3.05, 3.63) is 64.7 Å². The molecule has 2 aromatic rings. The minimum absolute atomic E-state index is 0.103. The lowest BCUT2D eigenvalue weighted by Gasteiger charge is -2.38. The van der Waals surface area contributed by atoms with Gasteiger partial charge in [-0.05, 0) is 59.7 Å². The maximum Gasteiger partial charge on any atom is 0.224 e. The molecule has 2 aliphatic rings. The number of nitrogens with one attached hydrogen (secondary N) is 1. The van der Waals surface area contributed by atoms with Gasteiger partial charge in [0.1, 0.15) is 17.4 Å². The highest BCUT2D eigenvalue weighted by Gasteiger charge is 2.36. The number of rotatable bonds is 5. The standard InChI is InChI=1S/C21H21F2NO3/c22-16-5-12(6-17(23)11-16)7-20(26)24-21(15-9-18(25)10-15)14-1-2-19-13(8-14)3-4-27-19/h1-2,5-6,8,11,15,18,21,25H,3-4,7,9-10H2,(H,24,26)/t15?,18?,21-/m0/s1. The zero-order valence-corrected chi connectivity index (χ0v) is 14.8. The summed E-state index contributed by atoms with van der Waals surface area (Å²) in [4.78, 5) is 12.5. The molecular formula is C21H21F2NO3. The van der Waals surface area contributed by atoms with E-state index in [0.717, 1.165) is 41.5 Å². The van der Waals surface area contributed by atoms with Crippen molar-refractivity contribution in [2.24, 2.45) is 5.92 Å². The van der Waals surface area contributed by atoms with Crippen molar-refractivity contribution in [2.75, 3.05) is 6.61 Å². The summed E-state index contributed by atoms with van der Waals surface area (Å²) in [5.41, 5.74) is 2.37. The Morgan fingerprint density at radius 3 is 2.63 bits per heavy atom. The Balaban J connectivity index is 1.52. The zero-order chi connectivity index (χ0) is 19.0. The Morgan fingerprint density at radius 2 is 1.93 bits per heavy atom. The van der Waals surface area contributed by atoms with Crippen molar-refractivity contribution in [2.45, 2.75) is 37.8 Å². The van der Waals surface area contributed by atoms with Gasteiger partial charge in [0.2, 0.25) is 5.91 Å². The highest BCUT2D eigenvalue weighted by Crippen LogP contribution is 2.39. The second kappa shape index (κ2) is 7.27. The van der Waals surface area contributed by atoms with Crippen molar-refractivity contribution < 1.29 is 23.4 Å². The Morgan fingerprint density at radius 1 is 1.19 bits per heavy atom. The van der Waals surface area contributed by atoms with Gasteiger partial charge < -0.3 is 15.2 Å². The van der Waals surface area contributed by atoms with Crippen LogP contribution < -0.4 is 10.1 Å². The van der Waals surface area contributed by atoms with Crippen LogP contribution in [0.3, 0.4) is 0 Å². The van der Waals surface area contributed by atoms with Gasteiger partial charge in [-0.1, -0.05) is 6.07 Å². The lowest BCUT2D eigenvalue weighted by molar-refractivity contribution is -0.122. The molecule has 2 N–H and O–H groups in total. The maximum absolute atomic E-state index is 13.4. The number of carbonyl (C=O) groups is 1. The van der Waals surface area contributed by atoms with Crippen LogP contribution in [0.1, 0.15) is 35.6 Å². The van der Waals surface area contributed by atoms with Crippen LogP contribution in [0, 0.1) is 17.6 Å². The average molecular weight is 373 g/mol. The Bertz CT molecular complexity index is 844. The minimum atomic E-state index is -0.699. The molecule has 1 atom stereocenters. The van der Waals surface area contributed by atoms with Crippen molar-refractivity contribution in [1.29, 1.82) is 0 Å². The molecule has 1 heterocycles. The van der Waals surface area contributed by atoms with Gasteiger partial charge in [0.25, 0.3) is 0 Å². The van der Waals surface area contributed by atoms with Gasteiger partial charge in [-0.25, -0.2) is 8.78 Å². The third-order valence-corrected chi connectivity index (χ3v) is 5.30. The molecule has 2 aromatic carbocycles. The van der Waals surface area contributed by atoms with Gasteiger partial charge in [0.15, 0.2) is 0 Å². The summed E-state index contributed by atoms with van der Waals surface area (Å²) < 4.78 is 32.2. The summed E-state index contributed by atoms with van der Waals surface area (Å²) >= 11 is 0. The second-order valence-corrected chi connectivity index (χ2v) is 7.35. The number of carbonyl (C=O) groups excluding carboxylic acids is 1. The zero-order valence-electron chi connectivity index (χ0n) is 14.8. The number of hydrogen-bond donors (Lipinski definition) is 2. The fourth-order valence-electron chi connectivity index (χ4n) is 3.90. The Kier molecular flexibility index (Phi) is 4.83. The number of hydrogen-bond acceptors (Lipinski definition) is 3. The third kappa shape index (κ3) is 3.95. The number of halogens is 2. The van der Waals surface area contributed by atoms with Crippen LogP contribution >= 0.6 is 0 Å². The molecule has 6 heteroatoms. The molecule has 1 fully saturated rings. The van der Waals surface area contributed by atoms with E-state index in [-0.39, 0.29) is 30.4 Å². The molecule has 4 nitrogen and oxygen atoms in total. The molecule has 142 valence electrons. The number of ether oxygens (including phenoxy) is 1. The fraction of sp³-hybridized carbons (Fsp3) is 0.381. The van der Waals surface area contributed by atoms with Crippen LogP contribution in [0.5, 0.6) is 5.75 Å². The predicted octanol–water partition coefficient (Wildman–Crippen LogP) is 3.07. The maximum atomic E-state index is 13.4. The number of benzene rings is 2. The SMILES string of the molecule is O=C(Cc1cc(F)cc(F)c1)N[C@@H](c1ccc2c(c1)CCO2)C1CC(O)C1. The summed E-state index contributed by atoms with van der Waals surface area (Å²) in [7, 11) is 0.